The third kappa shape index (κ3) is 25.3. The van der Waals surface area contributed by atoms with Gasteiger partial charge in [0.2, 0.25) is 5.91 Å². The number of rotatable bonds is 24. The lowest BCUT2D eigenvalue weighted by Gasteiger charge is -2.31. The second kappa shape index (κ2) is 22.6. The van der Waals surface area contributed by atoms with E-state index in [2.05, 4.69) is 52.2 Å². The summed E-state index contributed by atoms with van der Waals surface area (Å²) < 4.78 is 28.8. The molecule has 214 valence electrons. The van der Waals surface area contributed by atoms with Gasteiger partial charge in [-0.2, -0.15) is 0 Å². The summed E-state index contributed by atoms with van der Waals surface area (Å²) in [4.78, 5) is 11.2. The number of ether oxygens (including phenoxy) is 5. The van der Waals surface area contributed by atoms with Crippen LogP contribution >= 0.6 is 21.6 Å². The number of hydrogen-bond acceptors (Lipinski definition) is 9. The Hall–Kier alpha value is -0.330. The van der Waals surface area contributed by atoms with Crippen LogP contribution < -0.4 is 10.6 Å². The largest absolute Gasteiger partial charge is 0.379 e. The summed E-state index contributed by atoms with van der Waals surface area (Å²) in [5.41, 5.74) is 0. The molecule has 0 saturated carbocycles. The molecule has 0 aliphatic carbocycles. The van der Waals surface area contributed by atoms with Gasteiger partial charge in [0.05, 0.1) is 59.5 Å². The Bertz CT molecular complexity index is 561. The number of allylic oxidation sites excluding steroid dienone is 1. The molecule has 0 fully saturated rings. The highest BCUT2D eigenvalue weighted by Gasteiger charge is 2.29. The first kappa shape index (κ1) is 35.7. The van der Waals surface area contributed by atoms with Crippen LogP contribution in [0.25, 0.3) is 0 Å². The molecule has 2 N–H and O–H groups in total. The lowest BCUT2D eigenvalue weighted by atomic mass is 10.3. The highest BCUT2D eigenvalue weighted by atomic mass is 33.1. The summed E-state index contributed by atoms with van der Waals surface area (Å²) in [5, 5.41) is 6.12. The number of amides is 1. The van der Waals surface area contributed by atoms with Gasteiger partial charge in [0.25, 0.3) is 0 Å². The number of nitrogens with one attached hydrogen (secondary N) is 2. The van der Waals surface area contributed by atoms with Crippen molar-refractivity contribution < 1.29 is 28.5 Å². The first-order valence-electron chi connectivity index (χ1n) is 13.0. The van der Waals surface area contributed by atoms with Gasteiger partial charge >= 0.3 is 0 Å². The van der Waals surface area contributed by atoms with Crippen molar-refractivity contribution in [1.29, 1.82) is 0 Å². The maximum absolute atomic E-state index is 11.6. The average molecular weight is 553 g/mol. The Morgan fingerprint density at radius 3 is 2.03 bits per heavy atom. The molecule has 36 heavy (non-hydrogen) atoms. The Morgan fingerprint density at radius 2 is 1.42 bits per heavy atom. The van der Waals surface area contributed by atoms with Crippen LogP contribution in [0.15, 0.2) is 12.2 Å². The highest BCUT2D eigenvalue weighted by Crippen LogP contribution is 2.45. The van der Waals surface area contributed by atoms with Crippen LogP contribution in [-0.4, -0.2) is 94.2 Å². The molecule has 1 amide bonds. The molecule has 1 atom stereocenters. The number of carbonyl (C=O) groups is 1. The molecule has 0 aromatic carbocycles. The monoisotopic (exact) mass is 552 g/mol. The van der Waals surface area contributed by atoms with E-state index in [9.17, 15) is 4.79 Å². The molecule has 0 aliphatic rings. The van der Waals surface area contributed by atoms with Gasteiger partial charge < -0.3 is 34.3 Å². The minimum atomic E-state index is -0.375. The van der Waals surface area contributed by atoms with Crippen molar-refractivity contribution in [1.82, 2.24) is 10.6 Å². The third-order valence-corrected chi connectivity index (χ3v) is 8.54. The summed E-state index contributed by atoms with van der Waals surface area (Å²) in [6.45, 7) is 21.1. The second-order valence-electron chi connectivity index (χ2n) is 9.69. The summed E-state index contributed by atoms with van der Waals surface area (Å²) in [5.74, 6) is -0.0113. The van der Waals surface area contributed by atoms with Gasteiger partial charge in [0.1, 0.15) is 4.93 Å². The van der Waals surface area contributed by atoms with Crippen LogP contribution in [0.2, 0.25) is 0 Å². The molecule has 1 unspecified atom stereocenters. The van der Waals surface area contributed by atoms with E-state index >= 15 is 0 Å². The van der Waals surface area contributed by atoms with Crippen molar-refractivity contribution >= 4 is 27.5 Å². The quantitative estimate of drug-likeness (QED) is 0.0781. The molecule has 0 aliphatic heterocycles. The Kier molecular flexibility index (Phi) is 22.4. The second-order valence-corrected chi connectivity index (χ2v) is 13.1. The first-order valence-corrected chi connectivity index (χ1v) is 15.2. The van der Waals surface area contributed by atoms with E-state index in [1.54, 1.807) is 10.8 Å². The van der Waals surface area contributed by atoms with Crippen molar-refractivity contribution in [3.8, 4) is 0 Å². The lowest BCUT2D eigenvalue weighted by Crippen LogP contribution is -2.29. The van der Waals surface area contributed by atoms with Crippen molar-refractivity contribution in [2.24, 2.45) is 0 Å². The zero-order valence-electron chi connectivity index (χ0n) is 23.7. The van der Waals surface area contributed by atoms with E-state index in [1.165, 1.54) is 0 Å². The average Bonchev–Trinajstić information content (AvgIpc) is 2.80. The summed E-state index contributed by atoms with van der Waals surface area (Å²) in [7, 11) is 3.56. The predicted octanol–water partition coefficient (Wildman–Crippen LogP) is 4.44. The summed E-state index contributed by atoms with van der Waals surface area (Å²) in [6.07, 6.45) is 4.93. The minimum Gasteiger partial charge on any atom is -0.379 e. The molecule has 10 heteroatoms. The van der Waals surface area contributed by atoms with Crippen LogP contribution in [0.4, 0.5) is 0 Å². The molecular weight excluding hydrogens is 500 g/mol. The predicted molar refractivity (Wildman–Crippen MR) is 153 cm³/mol. The van der Waals surface area contributed by atoms with Gasteiger partial charge in [0.15, 0.2) is 0 Å². The van der Waals surface area contributed by atoms with Gasteiger partial charge in [-0.25, -0.2) is 0 Å². The van der Waals surface area contributed by atoms with Crippen molar-refractivity contribution in [3.05, 3.63) is 12.2 Å². The molecule has 0 rings (SSSR count). The number of hydrogen-bond donors (Lipinski definition) is 2. The van der Waals surface area contributed by atoms with Crippen molar-refractivity contribution in [2.75, 3.05) is 72.6 Å². The zero-order chi connectivity index (χ0) is 27.1. The van der Waals surface area contributed by atoms with E-state index in [1.807, 2.05) is 29.9 Å². The maximum atomic E-state index is 11.6. The fraction of sp³-hybridized carbons (Fsp3) is 0.885. The Morgan fingerprint density at radius 1 is 0.833 bits per heavy atom. The molecule has 0 saturated heterocycles. The minimum absolute atomic E-state index is 0.0113. The van der Waals surface area contributed by atoms with Crippen molar-refractivity contribution in [3.63, 3.8) is 0 Å². The Balaban J connectivity index is 4.00. The summed E-state index contributed by atoms with van der Waals surface area (Å²) >= 11 is 0. The first-order chi connectivity index (χ1) is 17.1. The van der Waals surface area contributed by atoms with Crippen LogP contribution in [0.3, 0.4) is 0 Å². The molecule has 0 bridgehead atoms. The fourth-order valence-electron chi connectivity index (χ4n) is 2.53. The van der Waals surface area contributed by atoms with Gasteiger partial charge in [-0.3, -0.25) is 4.79 Å². The molecule has 0 aromatic heterocycles. The lowest BCUT2D eigenvalue weighted by molar-refractivity contribution is -0.122. The smallest absolute Gasteiger partial charge is 0.222 e. The van der Waals surface area contributed by atoms with E-state index in [0.717, 1.165) is 13.0 Å². The summed E-state index contributed by atoms with van der Waals surface area (Å²) in [6, 6.07) is 0.475. The normalized spacial score (nSPS) is 14.0. The van der Waals surface area contributed by atoms with Crippen LogP contribution in [0.5, 0.6) is 0 Å². The van der Waals surface area contributed by atoms with E-state index in [4.69, 9.17) is 23.7 Å². The third-order valence-electron chi connectivity index (χ3n) is 4.47. The molecule has 0 aromatic rings. The van der Waals surface area contributed by atoms with Crippen LogP contribution in [0, 0.1) is 0 Å². The van der Waals surface area contributed by atoms with Crippen LogP contribution in [0.1, 0.15) is 61.3 Å². The molecule has 0 spiro atoms. The number of carbonyl (C=O) groups excluding carboxylic acids is 1. The zero-order valence-corrected chi connectivity index (χ0v) is 25.3. The van der Waals surface area contributed by atoms with Crippen molar-refractivity contribution in [2.45, 2.75) is 77.0 Å². The van der Waals surface area contributed by atoms with E-state index < -0.39 is 0 Å². The molecule has 0 heterocycles. The molecular formula is C26H52N2O6S2. The van der Waals surface area contributed by atoms with Gasteiger partial charge in [0, 0.05) is 36.7 Å². The molecule has 0 radical (unpaired) electrons. The van der Waals surface area contributed by atoms with E-state index in [0.29, 0.717) is 78.5 Å². The van der Waals surface area contributed by atoms with Gasteiger partial charge in [-0.15, -0.1) is 0 Å². The molecule has 8 nitrogen and oxygen atoms in total. The SMILES string of the molecule is C/C=C/CNC(=O)CCOCCOCCOC(C)(CCOCCOCCNC(C)C)SSC(C)(C)C. The van der Waals surface area contributed by atoms with E-state index in [-0.39, 0.29) is 15.6 Å². The van der Waals surface area contributed by atoms with Crippen LogP contribution in [-0.2, 0) is 28.5 Å². The fourth-order valence-corrected chi connectivity index (χ4v) is 4.93. The maximum Gasteiger partial charge on any atom is 0.222 e. The standard InChI is InChI=1S/C26H52N2O6S2/c1-8-9-12-28-24(29)10-14-30-17-20-33-21-22-34-26(7,36-35-25(4,5)6)11-15-31-18-19-32-16-13-27-23(2)3/h8-9,23,27H,10-22H2,1-7H3,(H,28,29)/b9-8+. The van der Waals surface area contributed by atoms with Gasteiger partial charge in [-0.1, -0.05) is 68.4 Å². The topological polar surface area (TPSA) is 87.3 Å². The highest BCUT2D eigenvalue weighted by molar-refractivity contribution is 8.77. The Labute approximate surface area is 228 Å². The van der Waals surface area contributed by atoms with Gasteiger partial charge in [-0.05, 0) is 13.8 Å².